The summed E-state index contributed by atoms with van der Waals surface area (Å²) in [6.07, 6.45) is 0.451. The van der Waals surface area contributed by atoms with Crippen LogP contribution in [0.4, 0.5) is 0 Å². The molecule has 7 nitrogen and oxygen atoms in total. The predicted octanol–water partition coefficient (Wildman–Crippen LogP) is 1.46. The number of rotatable bonds is 6. The van der Waals surface area contributed by atoms with Gasteiger partial charge in [-0.15, -0.1) is 0 Å². The van der Waals surface area contributed by atoms with Gasteiger partial charge in [0.2, 0.25) is 5.91 Å². The van der Waals surface area contributed by atoms with Crippen LogP contribution in [0.25, 0.3) is 10.9 Å². The molecule has 0 spiro atoms. The number of nitrogens with zero attached hydrogens (tertiary/aromatic N) is 1. The van der Waals surface area contributed by atoms with Crippen LogP contribution in [-0.2, 0) is 14.3 Å². The zero-order valence-electron chi connectivity index (χ0n) is 15.4. The highest BCUT2D eigenvalue weighted by atomic mass is 16.5. The fourth-order valence-electron chi connectivity index (χ4n) is 2.99. The van der Waals surface area contributed by atoms with Crippen LogP contribution in [0.2, 0.25) is 0 Å². The van der Waals surface area contributed by atoms with Gasteiger partial charge in [0.15, 0.2) is 5.78 Å². The van der Waals surface area contributed by atoms with Crippen molar-refractivity contribution in [3.8, 4) is 0 Å². The van der Waals surface area contributed by atoms with E-state index in [0.717, 1.165) is 5.39 Å². The molecule has 2 amide bonds. The minimum atomic E-state index is -0.751. The Hall–Kier alpha value is -2.80. The molecular weight excluding hydrogens is 346 g/mol. The molecule has 0 saturated carbocycles. The number of ether oxygens (including phenoxy) is 1. The van der Waals surface area contributed by atoms with Crippen LogP contribution in [0, 0.1) is 5.92 Å². The van der Waals surface area contributed by atoms with E-state index in [2.05, 4.69) is 15.6 Å². The first-order chi connectivity index (χ1) is 12.9. The van der Waals surface area contributed by atoms with Crippen LogP contribution in [0.3, 0.4) is 0 Å². The summed E-state index contributed by atoms with van der Waals surface area (Å²) >= 11 is 0. The van der Waals surface area contributed by atoms with Gasteiger partial charge in [0.05, 0.1) is 12.1 Å². The van der Waals surface area contributed by atoms with Gasteiger partial charge in [-0.25, -0.2) is 4.98 Å². The highest BCUT2D eigenvalue weighted by molar-refractivity contribution is 5.99. The Bertz CT molecular complexity index is 865. The predicted molar refractivity (Wildman–Crippen MR) is 100 cm³/mol. The third kappa shape index (κ3) is 4.68. The fraction of sp³-hybridized carbons (Fsp3) is 0.400. The average Bonchev–Trinajstić information content (AvgIpc) is 3.05. The second-order valence-corrected chi connectivity index (χ2v) is 7.09. The number of carbonyl (C=O) groups is 3. The third-order valence-corrected chi connectivity index (χ3v) is 4.39. The SMILES string of the molecule is CC(C)C[C@H](NC(=O)c1ccc2ccccc2n1)C(=O)NC1COCC1=O. The second kappa shape index (κ2) is 8.26. The minimum absolute atomic E-state index is 0.00711. The Labute approximate surface area is 157 Å². The molecule has 1 saturated heterocycles. The van der Waals surface area contributed by atoms with Gasteiger partial charge < -0.3 is 15.4 Å². The van der Waals surface area contributed by atoms with Gasteiger partial charge in [-0.05, 0) is 24.5 Å². The van der Waals surface area contributed by atoms with Crippen LogP contribution < -0.4 is 10.6 Å². The van der Waals surface area contributed by atoms with Crippen LogP contribution >= 0.6 is 0 Å². The summed E-state index contributed by atoms with van der Waals surface area (Å²) in [5.41, 5.74) is 0.958. The fourth-order valence-corrected chi connectivity index (χ4v) is 2.99. The van der Waals surface area contributed by atoms with Gasteiger partial charge in [0, 0.05) is 5.39 Å². The van der Waals surface area contributed by atoms with Crippen molar-refractivity contribution in [1.82, 2.24) is 15.6 Å². The Morgan fingerprint density at radius 1 is 1.22 bits per heavy atom. The Morgan fingerprint density at radius 3 is 2.70 bits per heavy atom. The summed E-state index contributed by atoms with van der Waals surface area (Å²) in [6, 6.07) is 9.56. The first-order valence-corrected chi connectivity index (χ1v) is 9.01. The molecule has 2 N–H and O–H groups in total. The van der Waals surface area contributed by atoms with E-state index in [1.165, 1.54) is 0 Å². The molecule has 1 unspecified atom stereocenters. The van der Waals surface area contributed by atoms with Crippen molar-refractivity contribution in [2.75, 3.05) is 13.2 Å². The lowest BCUT2D eigenvalue weighted by atomic mass is 10.0. The van der Waals surface area contributed by atoms with Gasteiger partial charge in [-0.3, -0.25) is 14.4 Å². The van der Waals surface area contributed by atoms with Crippen molar-refractivity contribution in [2.45, 2.75) is 32.4 Å². The number of nitrogens with one attached hydrogen (secondary N) is 2. The summed E-state index contributed by atoms with van der Waals surface area (Å²) in [4.78, 5) is 41.3. The van der Waals surface area contributed by atoms with Crippen molar-refractivity contribution >= 4 is 28.5 Å². The summed E-state index contributed by atoms with van der Waals surface area (Å²) in [5, 5.41) is 6.36. The molecule has 1 aromatic carbocycles. The van der Waals surface area contributed by atoms with E-state index in [1.807, 2.05) is 44.2 Å². The van der Waals surface area contributed by atoms with E-state index in [9.17, 15) is 14.4 Å². The molecule has 2 aromatic rings. The largest absolute Gasteiger partial charge is 0.371 e. The Kier molecular flexibility index (Phi) is 5.81. The van der Waals surface area contributed by atoms with Crippen LogP contribution in [0.5, 0.6) is 0 Å². The number of carbonyl (C=O) groups excluding carboxylic acids is 3. The maximum absolute atomic E-state index is 12.6. The number of hydrogen-bond acceptors (Lipinski definition) is 5. The quantitative estimate of drug-likeness (QED) is 0.803. The number of fused-ring (bicyclic) bond motifs is 1. The standard InChI is InChI=1S/C20H23N3O4/c1-12(2)9-16(20(26)23-17-10-27-11-18(17)24)22-19(25)15-8-7-13-5-3-4-6-14(13)21-15/h3-8,12,16-17H,9-11H2,1-2H3,(H,22,25)(H,23,26)/t16-,17?/m0/s1. The molecule has 2 heterocycles. The molecule has 3 rings (SSSR count). The number of amides is 2. The monoisotopic (exact) mass is 369 g/mol. The van der Waals surface area contributed by atoms with Crippen molar-refractivity contribution in [2.24, 2.45) is 5.92 Å². The van der Waals surface area contributed by atoms with Crippen LogP contribution in [0.15, 0.2) is 36.4 Å². The number of Topliss-reactive ketones (excluding diaryl/α,β-unsaturated/α-hetero) is 1. The van der Waals surface area contributed by atoms with Crippen molar-refractivity contribution in [3.05, 3.63) is 42.1 Å². The summed E-state index contributed by atoms with van der Waals surface area (Å²) < 4.78 is 5.06. The average molecular weight is 369 g/mol. The number of pyridine rings is 1. The lowest BCUT2D eigenvalue weighted by molar-refractivity contribution is -0.127. The molecule has 1 aliphatic heterocycles. The van der Waals surface area contributed by atoms with E-state index in [0.29, 0.717) is 11.9 Å². The maximum atomic E-state index is 12.6. The van der Waals surface area contributed by atoms with Gasteiger partial charge in [0.1, 0.15) is 24.4 Å². The molecular formula is C20H23N3O4. The zero-order valence-corrected chi connectivity index (χ0v) is 15.4. The highest BCUT2D eigenvalue weighted by Crippen LogP contribution is 2.13. The smallest absolute Gasteiger partial charge is 0.270 e. The summed E-state index contributed by atoms with van der Waals surface area (Å²) in [6.45, 7) is 4.10. The van der Waals surface area contributed by atoms with Crippen LogP contribution in [0.1, 0.15) is 30.8 Å². The molecule has 0 bridgehead atoms. The Balaban J connectivity index is 1.73. The van der Waals surface area contributed by atoms with E-state index < -0.39 is 18.0 Å². The molecule has 1 fully saturated rings. The molecule has 7 heteroatoms. The van der Waals surface area contributed by atoms with Gasteiger partial charge in [-0.2, -0.15) is 0 Å². The van der Waals surface area contributed by atoms with E-state index in [4.69, 9.17) is 4.74 Å². The number of hydrogen-bond donors (Lipinski definition) is 2. The molecule has 142 valence electrons. The zero-order chi connectivity index (χ0) is 19.4. The molecule has 2 atom stereocenters. The first kappa shape index (κ1) is 19.0. The normalized spacial score (nSPS) is 17.9. The van der Waals surface area contributed by atoms with Crippen molar-refractivity contribution in [1.29, 1.82) is 0 Å². The lowest BCUT2D eigenvalue weighted by Crippen LogP contribution is -2.52. The van der Waals surface area contributed by atoms with Gasteiger partial charge in [-0.1, -0.05) is 38.1 Å². The molecule has 1 aliphatic rings. The van der Waals surface area contributed by atoms with E-state index >= 15 is 0 Å². The molecule has 1 aromatic heterocycles. The van der Waals surface area contributed by atoms with Gasteiger partial charge in [0.25, 0.3) is 5.91 Å². The summed E-state index contributed by atoms with van der Waals surface area (Å²) in [7, 11) is 0. The van der Waals surface area contributed by atoms with E-state index in [1.54, 1.807) is 6.07 Å². The molecule has 27 heavy (non-hydrogen) atoms. The topological polar surface area (TPSA) is 97.4 Å². The van der Waals surface area contributed by atoms with Gasteiger partial charge >= 0.3 is 0 Å². The molecule has 0 radical (unpaired) electrons. The minimum Gasteiger partial charge on any atom is -0.371 e. The molecule has 0 aliphatic carbocycles. The number of aromatic nitrogens is 1. The third-order valence-electron chi connectivity index (χ3n) is 4.39. The van der Waals surface area contributed by atoms with Crippen LogP contribution in [-0.4, -0.2) is 47.9 Å². The highest BCUT2D eigenvalue weighted by Gasteiger charge is 2.30. The number of ketones is 1. The van der Waals surface area contributed by atoms with Crippen molar-refractivity contribution in [3.63, 3.8) is 0 Å². The lowest BCUT2D eigenvalue weighted by Gasteiger charge is -2.21. The maximum Gasteiger partial charge on any atom is 0.270 e. The Morgan fingerprint density at radius 2 is 2.00 bits per heavy atom. The number of benzene rings is 1. The van der Waals surface area contributed by atoms with Crippen molar-refractivity contribution < 1.29 is 19.1 Å². The first-order valence-electron chi connectivity index (χ1n) is 9.01. The number of para-hydroxylation sites is 1. The van der Waals surface area contributed by atoms with E-state index in [-0.39, 0.29) is 36.5 Å². The second-order valence-electron chi connectivity index (χ2n) is 7.09. The summed E-state index contributed by atoms with van der Waals surface area (Å²) in [5.74, 6) is -0.785.